The van der Waals surface area contributed by atoms with Gasteiger partial charge in [-0.25, -0.2) is 4.79 Å². The molecule has 2 amide bonds. The van der Waals surface area contributed by atoms with Crippen molar-refractivity contribution >= 4 is 12.5 Å². The molecule has 0 aromatic heterocycles. The van der Waals surface area contributed by atoms with E-state index in [9.17, 15) is 9.59 Å². The van der Waals surface area contributed by atoms with Gasteiger partial charge in [-0.3, -0.25) is 4.79 Å². The van der Waals surface area contributed by atoms with Gasteiger partial charge in [0.25, 0.3) is 0 Å². The van der Waals surface area contributed by atoms with Gasteiger partial charge >= 0.3 is 6.09 Å². The lowest BCUT2D eigenvalue weighted by Gasteiger charge is -2.35. The molecule has 0 radical (unpaired) electrons. The molecular formula is C37H65N3O3. The molecule has 5 aliphatic rings. The Balaban J connectivity index is 0.000000320. The first-order chi connectivity index (χ1) is 20.8. The molecule has 6 heteroatoms. The van der Waals surface area contributed by atoms with Gasteiger partial charge < -0.3 is 19.8 Å². The van der Waals surface area contributed by atoms with Crippen LogP contribution < -0.4 is 0 Å². The summed E-state index contributed by atoms with van der Waals surface area (Å²) in [6, 6.07) is 1.19. The Labute approximate surface area is 265 Å². The number of piperidine rings is 1. The summed E-state index contributed by atoms with van der Waals surface area (Å²) in [5.41, 5.74) is 2.77. The second kappa shape index (κ2) is 24.0. The monoisotopic (exact) mass is 600 g/mol. The second-order valence-corrected chi connectivity index (χ2v) is 12.9. The third-order valence-electron chi connectivity index (χ3n) is 8.92. The van der Waals surface area contributed by atoms with Crippen LogP contribution in [0.15, 0.2) is 48.6 Å². The van der Waals surface area contributed by atoms with Crippen molar-refractivity contribution in [3.05, 3.63) is 48.6 Å². The summed E-state index contributed by atoms with van der Waals surface area (Å²) in [6.45, 7) is 19.6. The van der Waals surface area contributed by atoms with Gasteiger partial charge in [-0.05, 0) is 104 Å². The number of allylic oxidation sites excluding steroid dienone is 6. The molecule has 4 fully saturated rings. The highest BCUT2D eigenvalue weighted by Crippen LogP contribution is 2.26. The van der Waals surface area contributed by atoms with Gasteiger partial charge in [0.05, 0.1) is 0 Å². The molecule has 3 heterocycles. The van der Waals surface area contributed by atoms with Crippen LogP contribution in [0.2, 0.25) is 0 Å². The van der Waals surface area contributed by atoms with E-state index in [-0.39, 0.29) is 0 Å². The van der Waals surface area contributed by atoms with Gasteiger partial charge in [-0.1, -0.05) is 74.5 Å². The van der Waals surface area contributed by atoms with Gasteiger partial charge in [0, 0.05) is 31.7 Å². The molecule has 1 unspecified atom stereocenters. The minimum atomic E-state index is -0.746. The van der Waals surface area contributed by atoms with Crippen molar-refractivity contribution in [2.45, 2.75) is 136 Å². The standard InChI is InChI=1S/C15H28N2O2.C9H12.C7H13NO.C4H8.C2H4/c18-15(19)17-12-6-8-14(9-7-13-17)16-10-4-2-1-3-5-11-16;1-8-4-3-5-9(2)7-6-8;1-7-4-2-3-5-8(7)6-9;1-4-2-3-4;1-2/h14H,1-13H2,(H,18,19);3-4,6-7H,5H2,1-2H3;6-7H,2-5H2,1H3;4H,2-3H2,1H3;1-2H2. The molecule has 1 saturated carbocycles. The van der Waals surface area contributed by atoms with Gasteiger partial charge in [0.2, 0.25) is 6.41 Å². The number of carbonyl (C=O) groups excluding carboxylic acids is 1. The van der Waals surface area contributed by atoms with Gasteiger partial charge in [-0.2, -0.15) is 0 Å². The Hall–Kier alpha value is -2.34. The fourth-order valence-corrected chi connectivity index (χ4v) is 5.76. The van der Waals surface area contributed by atoms with Crippen molar-refractivity contribution in [1.82, 2.24) is 14.7 Å². The van der Waals surface area contributed by atoms with Crippen LogP contribution in [0.25, 0.3) is 0 Å². The summed E-state index contributed by atoms with van der Waals surface area (Å²) in [6.07, 6.45) is 27.9. The zero-order valence-corrected chi connectivity index (χ0v) is 28.3. The van der Waals surface area contributed by atoms with E-state index >= 15 is 0 Å². The molecular weight excluding hydrogens is 534 g/mol. The number of carbonyl (C=O) groups is 2. The molecule has 0 bridgehead atoms. The smallest absolute Gasteiger partial charge is 0.407 e. The Morgan fingerprint density at radius 1 is 0.791 bits per heavy atom. The predicted octanol–water partition coefficient (Wildman–Crippen LogP) is 9.25. The highest BCUT2D eigenvalue weighted by Gasteiger charge is 2.22. The zero-order valence-electron chi connectivity index (χ0n) is 28.3. The number of hydrogen-bond donors (Lipinski definition) is 1. The van der Waals surface area contributed by atoms with Crippen LogP contribution in [0.1, 0.15) is 124 Å². The van der Waals surface area contributed by atoms with E-state index in [2.05, 4.69) is 70.1 Å². The third kappa shape index (κ3) is 18.8. The SMILES string of the molecule is C=C.CC1=CC=C(C)CC=C1.CC1CC1.CC1CCCCN1C=O.O=C(O)N1CCCC(N2CCCCCCC2)CCC1. The maximum Gasteiger partial charge on any atom is 0.407 e. The summed E-state index contributed by atoms with van der Waals surface area (Å²) >= 11 is 0. The molecule has 5 rings (SSSR count). The molecule has 0 spiro atoms. The number of amides is 2. The molecule has 246 valence electrons. The molecule has 3 aliphatic heterocycles. The van der Waals surface area contributed by atoms with Crippen LogP contribution in [-0.2, 0) is 4.79 Å². The van der Waals surface area contributed by atoms with Gasteiger partial charge in [0.15, 0.2) is 0 Å². The normalized spacial score (nSPS) is 23.4. The molecule has 1 N–H and O–H groups in total. The van der Waals surface area contributed by atoms with Crippen molar-refractivity contribution in [3.63, 3.8) is 0 Å². The van der Waals surface area contributed by atoms with Crippen LogP contribution >= 0.6 is 0 Å². The maximum atomic E-state index is 11.0. The van der Waals surface area contributed by atoms with Crippen LogP contribution in [0.4, 0.5) is 4.79 Å². The molecule has 0 aromatic rings. The highest BCUT2D eigenvalue weighted by molar-refractivity contribution is 5.64. The first-order valence-electron chi connectivity index (χ1n) is 17.2. The first kappa shape index (κ1) is 38.7. The number of likely N-dealkylation sites (tertiary alicyclic amines) is 3. The van der Waals surface area contributed by atoms with Crippen molar-refractivity contribution in [3.8, 4) is 0 Å². The van der Waals surface area contributed by atoms with Gasteiger partial charge in [-0.15, -0.1) is 13.2 Å². The summed E-state index contributed by atoms with van der Waals surface area (Å²) in [5, 5.41) is 9.05. The van der Waals surface area contributed by atoms with E-state index in [1.165, 1.54) is 101 Å². The minimum Gasteiger partial charge on any atom is -0.465 e. The highest BCUT2D eigenvalue weighted by atomic mass is 16.4. The summed E-state index contributed by atoms with van der Waals surface area (Å²) in [4.78, 5) is 27.5. The lowest BCUT2D eigenvalue weighted by atomic mass is 9.99. The Bertz CT molecular complexity index is 830. The first-order valence-corrected chi connectivity index (χ1v) is 17.2. The maximum absolute atomic E-state index is 11.0. The van der Waals surface area contributed by atoms with Crippen molar-refractivity contribution in [1.29, 1.82) is 0 Å². The molecule has 6 nitrogen and oxygen atoms in total. The van der Waals surface area contributed by atoms with E-state index in [4.69, 9.17) is 5.11 Å². The largest absolute Gasteiger partial charge is 0.465 e. The molecule has 0 aromatic carbocycles. The number of hydrogen-bond acceptors (Lipinski definition) is 3. The zero-order chi connectivity index (χ0) is 31.9. The van der Waals surface area contributed by atoms with Crippen LogP contribution in [0, 0.1) is 5.92 Å². The quantitative estimate of drug-likeness (QED) is 0.254. The fraction of sp³-hybridized carbons (Fsp3) is 0.730. The predicted molar refractivity (Wildman–Crippen MR) is 184 cm³/mol. The lowest BCUT2D eigenvalue weighted by Crippen LogP contribution is -2.41. The van der Waals surface area contributed by atoms with Crippen molar-refractivity contribution in [2.75, 3.05) is 32.7 Å². The van der Waals surface area contributed by atoms with Crippen LogP contribution in [-0.4, -0.2) is 77.1 Å². The number of nitrogens with zero attached hydrogens (tertiary/aromatic N) is 3. The molecule has 2 aliphatic carbocycles. The number of rotatable bonds is 2. The fourth-order valence-electron chi connectivity index (χ4n) is 5.76. The van der Waals surface area contributed by atoms with Gasteiger partial charge in [0.1, 0.15) is 0 Å². The lowest BCUT2D eigenvalue weighted by molar-refractivity contribution is -0.120. The molecule has 3 saturated heterocycles. The number of carboxylic acid groups (broad SMARTS) is 1. The average Bonchev–Trinajstić information content (AvgIpc) is 3.78. The van der Waals surface area contributed by atoms with E-state index in [1.54, 1.807) is 4.90 Å². The van der Waals surface area contributed by atoms with Crippen molar-refractivity contribution < 1.29 is 14.7 Å². The average molecular weight is 600 g/mol. The summed E-state index contributed by atoms with van der Waals surface area (Å²) < 4.78 is 0. The Kier molecular flexibility index (Phi) is 21.6. The van der Waals surface area contributed by atoms with E-state index in [0.29, 0.717) is 12.1 Å². The third-order valence-corrected chi connectivity index (χ3v) is 8.92. The van der Waals surface area contributed by atoms with Crippen LogP contribution in [0.3, 0.4) is 0 Å². The Morgan fingerprint density at radius 2 is 1.35 bits per heavy atom. The van der Waals surface area contributed by atoms with E-state index in [1.807, 2.05) is 4.90 Å². The molecule has 43 heavy (non-hydrogen) atoms. The topological polar surface area (TPSA) is 64.1 Å². The van der Waals surface area contributed by atoms with Crippen LogP contribution in [0.5, 0.6) is 0 Å². The van der Waals surface area contributed by atoms with Crippen molar-refractivity contribution in [2.24, 2.45) is 5.92 Å². The Morgan fingerprint density at radius 3 is 1.84 bits per heavy atom. The molecule has 1 atom stereocenters. The summed E-state index contributed by atoms with van der Waals surface area (Å²) in [7, 11) is 0. The summed E-state index contributed by atoms with van der Waals surface area (Å²) in [5.74, 6) is 1.08. The van der Waals surface area contributed by atoms with E-state index in [0.717, 1.165) is 51.2 Å². The minimum absolute atomic E-state index is 0.483. The van der Waals surface area contributed by atoms with E-state index < -0.39 is 6.09 Å². The second-order valence-electron chi connectivity index (χ2n) is 12.9.